The minimum absolute atomic E-state index is 0.292. The molecular formula is C10H13N3O2S. The molecule has 1 heterocycles. The molecule has 1 unspecified atom stereocenters. The maximum absolute atomic E-state index is 11.1. The van der Waals surface area contributed by atoms with Gasteiger partial charge in [-0.3, -0.25) is 0 Å². The summed E-state index contributed by atoms with van der Waals surface area (Å²) in [6.07, 6.45) is 1.55. The van der Waals surface area contributed by atoms with E-state index in [1.807, 2.05) is 0 Å². The van der Waals surface area contributed by atoms with Crippen molar-refractivity contribution in [3.63, 3.8) is 0 Å². The van der Waals surface area contributed by atoms with Crippen molar-refractivity contribution in [1.82, 2.24) is 4.98 Å². The molecule has 0 spiro atoms. The van der Waals surface area contributed by atoms with Gasteiger partial charge in [0.25, 0.3) is 0 Å². The third kappa shape index (κ3) is 3.16. The van der Waals surface area contributed by atoms with Crippen LogP contribution in [0.1, 0.15) is 12.5 Å². The Morgan fingerprint density at radius 2 is 2.31 bits per heavy atom. The average Bonchev–Trinajstić information content (AvgIpc) is 2.28. The van der Waals surface area contributed by atoms with Crippen LogP contribution >= 0.6 is 12.2 Å². The molecule has 0 aliphatic heterocycles. The fourth-order valence-corrected chi connectivity index (χ4v) is 1.20. The molecule has 0 amide bonds. The Morgan fingerprint density at radius 1 is 1.62 bits per heavy atom. The summed E-state index contributed by atoms with van der Waals surface area (Å²) < 4.78 is 4.58. The number of nitrogens with two attached hydrogens (primary N) is 1. The van der Waals surface area contributed by atoms with Crippen molar-refractivity contribution < 1.29 is 9.53 Å². The zero-order valence-electron chi connectivity index (χ0n) is 9.06. The van der Waals surface area contributed by atoms with E-state index in [0.29, 0.717) is 16.4 Å². The van der Waals surface area contributed by atoms with Gasteiger partial charge in [0.05, 0.1) is 7.11 Å². The number of hydrogen-bond acceptors (Lipinski definition) is 5. The Hall–Kier alpha value is -1.69. The van der Waals surface area contributed by atoms with Gasteiger partial charge in [-0.1, -0.05) is 12.2 Å². The summed E-state index contributed by atoms with van der Waals surface area (Å²) in [6.45, 7) is 1.69. The van der Waals surface area contributed by atoms with E-state index < -0.39 is 6.04 Å². The number of methoxy groups -OCH3 is 1. The first kappa shape index (κ1) is 12.4. The standard InChI is InChI=1S/C10H13N3O2S/c1-6(10(14)15-2)13-8-4-3-7(5-12-8)9(11)16/h3-6H,1-2H3,(H2,11,16)(H,12,13). The number of hydrogen-bond donors (Lipinski definition) is 2. The van der Waals surface area contributed by atoms with E-state index in [4.69, 9.17) is 18.0 Å². The van der Waals surface area contributed by atoms with Crippen LogP contribution in [0.2, 0.25) is 0 Å². The first-order valence-electron chi connectivity index (χ1n) is 4.65. The number of aromatic nitrogens is 1. The highest BCUT2D eigenvalue weighted by Gasteiger charge is 2.12. The fourth-order valence-electron chi connectivity index (χ4n) is 1.08. The molecule has 0 aliphatic rings. The van der Waals surface area contributed by atoms with Crippen molar-refractivity contribution >= 4 is 29.0 Å². The number of pyridine rings is 1. The lowest BCUT2D eigenvalue weighted by molar-refractivity contribution is -0.141. The third-order valence-electron chi connectivity index (χ3n) is 1.97. The predicted octanol–water partition coefficient (Wildman–Crippen LogP) is 0.689. The molecular weight excluding hydrogens is 226 g/mol. The number of esters is 1. The molecule has 1 aromatic rings. The van der Waals surface area contributed by atoms with Gasteiger partial charge in [-0.05, 0) is 19.1 Å². The summed E-state index contributed by atoms with van der Waals surface area (Å²) in [6, 6.07) is 2.99. The van der Waals surface area contributed by atoms with Gasteiger partial charge in [-0.25, -0.2) is 9.78 Å². The van der Waals surface area contributed by atoms with Crippen LogP contribution in [-0.4, -0.2) is 29.1 Å². The Morgan fingerprint density at radius 3 is 2.75 bits per heavy atom. The molecule has 6 heteroatoms. The van der Waals surface area contributed by atoms with Crippen LogP contribution in [0.25, 0.3) is 0 Å². The monoisotopic (exact) mass is 239 g/mol. The smallest absolute Gasteiger partial charge is 0.328 e. The summed E-state index contributed by atoms with van der Waals surface area (Å²) >= 11 is 4.80. The second-order valence-corrected chi connectivity index (χ2v) is 3.63. The van der Waals surface area contributed by atoms with Crippen LogP contribution in [0.5, 0.6) is 0 Å². The molecule has 1 rings (SSSR count). The van der Waals surface area contributed by atoms with Crippen LogP contribution < -0.4 is 11.1 Å². The number of carbonyl (C=O) groups is 1. The molecule has 0 saturated carbocycles. The van der Waals surface area contributed by atoms with Crippen molar-refractivity contribution in [2.24, 2.45) is 5.73 Å². The number of rotatable bonds is 4. The molecule has 0 radical (unpaired) electrons. The largest absolute Gasteiger partial charge is 0.467 e. The molecule has 0 fully saturated rings. The molecule has 3 N–H and O–H groups in total. The Bertz CT molecular complexity index is 392. The lowest BCUT2D eigenvalue weighted by Crippen LogP contribution is -2.27. The molecule has 5 nitrogen and oxygen atoms in total. The SMILES string of the molecule is COC(=O)C(C)Nc1ccc(C(N)=S)cn1. The van der Waals surface area contributed by atoms with E-state index in [9.17, 15) is 4.79 Å². The number of carbonyl (C=O) groups excluding carboxylic acids is 1. The highest BCUT2D eigenvalue weighted by atomic mass is 32.1. The van der Waals surface area contributed by atoms with Gasteiger partial charge < -0.3 is 15.8 Å². The van der Waals surface area contributed by atoms with Crippen LogP contribution in [0.15, 0.2) is 18.3 Å². The van der Waals surface area contributed by atoms with Gasteiger partial charge in [-0.15, -0.1) is 0 Å². The number of nitrogens with zero attached hydrogens (tertiary/aromatic N) is 1. The molecule has 86 valence electrons. The molecule has 1 atom stereocenters. The van der Waals surface area contributed by atoms with E-state index in [2.05, 4.69) is 15.0 Å². The quantitative estimate of drug-likeness (QED) is 0.594. The lowest BCUT2D eigenvalue weighted by Gasteiger charge is -2.11. The molecule has 0 bridgehead atoms. The second kappa shape index (κ2) is 5.41. The van der Waals surface area contributed by atoms with E-state index in [1.165, 1.54) is 7.11 Å². The third-order valence-corrected chi connectivity index (χ3v) is 2.20. The molecule has 1 aromatic heterocycles. The molecule has 0 aromatic carbocycles. The highest BCUT2D eigenvalue weighted by Crippen LogP contribution is 2.06. The van der Waals surface area contributed by atoms with Crippen molar-refractivity contribution in [3.8, 4) is 0 Å². The minimum atomic E-state index is -0.451. The van der Waals surface area contributed by atoms with E-state index in [1.54, 1.807) is 25.3 Å². The number of thiocarbonyl (C=S) groups is 1. The van der Waals surface area contributed by atoms with E-state index >= 15 is 0 Å². The van der Waals surface area contributed by atoms with Crippen molar-refractivity contribution in [3.05, 3.63) is 23.9 Å². The maximum atomic E-state index is 11.1. The van der Waals surface area contributed by atoms with Gasteiger partial charge in [0.1, 0.15) is 16.8 Å². The summed E-state index contributed by atoms with van der Waals surface area (Å²) in [5.41, 5.74) is 6.12. The summed E-state index contributed by atoms with van der Waals surface area (Å²) in [4.78, 5) is 15.5. The van der Waals surface area contributed by atoms with Gasteiger partial charge in [0, 0.05) is 11.8 Å². The Labute approximate surface area is 99.0 Å². The first-order chi connectivity index (χ1) is 7.54. The molecule has 0 saturated heterocycles. The van der Waals surface area contributed by atoms with Crippen molar-refractivity contribution in [2.45, 2.75) is 13.0 Å². The van der Waals surface area contributed by atoms with Gasteiger partial charge in [-0.2, -0.15) is 0 Å². The van der Waals surface area contributed by atoms with Crippen LogP contribution in [0, 0.1) is 0 Å². The lowest BCUT2D eigenvalue weighted by atomic mass is 10.2. The Kier molecular flexibility index (Phi) is 4.19. The van der Waals surface area contributed by atoms with Crippen LogP contribution in [0.4, 0.5) is 5.82 Å². The van der Waals surface area contributed by atoms with Crippen molar-refractivity contribution in [1.29, 1.82) is 0 Å². The molecule has 16 heavy (non-hydrogen) atoms. The van der Waals surface area contributed by atoms with Crippen LogP contribution in [0.3, 0.4) is 0 Å². The zero-order valence-corrected chi connectivity index (χ0v) is 9.88. The normalized spacial score (nSPS) is 11.6. The summed E-state index contributed by atoms with van der Waals surface area (Å²) in [5.74, 6) is 0.220. The molecule has 0 aliphatic carbocycles. The maximum Gasteiger partial charge on any atom is 0.328 e. The van der Waals surface area contributed by atoms with Gasteiger partial charge in [0.15, 0.2) is 0 Å². The predicted molar refractivity (Wildman–Crippen MR) is 65.2 cm³/mol. The van der Waals surface area contributed by atoms with E-state index in [0.717, 1.165) is 0 Å². The van der Waals surface area contributed by atoms with Gasteiger partial charge >= 0.3 is 5.97 Å². The zero-order chi connectivity index (χ0) is 12.1. The highest BCUT2D eigenvalue weighted by molar-refractivity contribution is 7.80. The van der Waals surface area contributed by atoms with Gasteiger partial charge in [0.2, 0.25) is 0 Å². The van der Waals surface area contributed by atoms with E-state index in [-0.39, 0.29) is 5.97 Å². The number of ether oxygens (including phenoxy) is 1. The second-order valence-electron chi connectivity index (χ2n) is 3.19. The number of nitrogens with one attached hydrogen (secondary N) is 1. The topological polar surface area (TPSA) is 77.2 Å². The minimum Gasteiger partial charge on any atom is -0.467 e. The van der Waals surface area contributed by atoms with Crippen molar-refractivity contribution in [2.75, 3.05) is 12.4 Å². The fraction of sp³-hybridized carbons (Fsp3) is 0.300. The van der Waals surface area contributed by atoms with Crippen LogP contribution in [-0.2, 0) is 9.53 Å². The Balaban J connectivity index is 2.68. The summed E-state index contributed by atoms with van der Waals surface area (Å²) in [5, 5.41) is 2.89. The first-order valence-corrected chi connectivity index (χ1v) is 5.05. The number of anilines is 1. The summed E-state index contributed by atoms with van der Waals surface area (Å²) in [7, 11) is 1.34. The average molecular weight is 239 g/mol.